The topological polar surface area (TPSA) is 192 Å². The van der Waals surface area contributed by atoms with Gasteiger partial charge in [-0.1, -0.05) is 59.9 Å². The minimum Gasteiger partial charge on any atom is -0.490 e. The second-order valence-electron chi connectivity index (χ2n) is 20.0. The molecule has 386 valence electrons. The highest BCUT2D eigenvalue weighted by Gasteiger charge is 2.45. The fraction of sp³-hybridized carbons (Fsp3) is 0.357. The summed E-state index contributed by atoms with van der Waals surface area (Å²) in [4.78, 5) is 79.1. The standard InChI is InChI=1S/C56H55F2N9O7S/c1-32-36(37-20-22-46(60-49(37)53(71)72)67-25-24-34-8-5-10-38(41(34)31-67)51(69)62-55-59-42-12-3-4-15-45(42)75-55)9-7-14-44(32)74-35-18-16-33(17-19-35)30-56(57,58)54(73)66-28-26-65(27-29-66)43-13-6-11-39-48(63-64(2)50(39)43)40-21-23-47(68)61-52(40)70/h3-15,20,22,33,35,40H,16-19,21,23-31H2,1-2H3,(H,71,72)(H,59,62,69)(H,61,68,70). The number of nitrogens with one attached hydrogen (secondary N) is 2. The number of nitrogens with zero attached hydrogens (tertiary/aromatic N) is 7. The second kappa shape index (κ2) is 20.1. The van der Waals surface area contributed by atoms with Gasteiger partial charge in [-0.2, -0.15) is 13.9 Å². The zero-order valence-corrected chi connectivity index (χ0v) is 42.3. The van der Waals surface area contributed by atoms with E-state index in [4.69, 9.17) is 4.74 Å². The summed E-state index contributed by atoms with van der Waals surface area (Å²) in [7, 11) is 1.79. The molecule has 1 atom stereocenters. The molecule has 11 rings (SSSR count). The van der Waals surface area contributed by atoms with Crippen LogP contribution >= 0.6 is 11.3 Å². The Balaban J connectivity index is 0.699. The lowest BCUT2D eigenvalue weighted by Gasteiger charge is -2.38. The SMILES string of the molecule is Cc1c(OC2CCC(CC(F)(F)C(=O)N3CCN(c4cccc5c(C6CCC(=O)NC6=O)nn(C)c45)CC3)CC2)cccc1-c1ccc(N2CCc3cccc(C(=O)Nc4nc5ccccc5s4)c3C2)nc1C(=O)O. The van der Waals surface area contributed by atoms with E-state index in [-0.39, 0.29) is 54.9 Å². The van der Waals surface area contributed by atoms with E-state index in [1.54, 1.807) is 36.0 Å². The zero-order valence-electron chi connectivity index (χ0n) is 41.5. The number of hydrogen-bond donors (Lipinski definition) is 3. The third-order valence-electron chi connectivity index (χ3n) is 15.3. The summed E-state index contributed by atoms with van der Waals surface area (Å²) >= 11 is 1.41. The number of carbonyl (C=O) groups excluding carboxylic acids is 4. The van der Waals surface area contributed by atoms with E-state index in [2.05, 4.69) is 30.6 Å². The third-order valence-corrected chi connectivity index (χ3v) is 16.3. The van der Waals surface area contributed by atoms with E-state index < -0.39 is 30.1 Å². The summed E-state index contributed by atoms with van der Waals surface area (Å²) in [6.45, 7) is 3.72. The van der Waals surface area contributed by atoms with Crippen molar-refractivity contribution in [1.29, 1.82) is 0 Å². The summed E-state index contributed by atoms with van der Waals surface area (Å²) in [5, 5.41) is 21.9. The summed E-state index contributed by atoms with van der Waals surface area (Å²) in [6.07, 6.45) is 2.38. The third kappa shape index (κ3) is 9.76. The Morgan fingerprint density at radius 3 is 2.39 bits per heavy atom. The van der Waals surface area contributed by atoms with Crippen LogP contribution in [0.3, 0.4) is 0 Å². The average molecular weight is 1040 g/mol. The Morgan fingerprint density at radius 2 is 1.61 bits per heavy atom. The number of piperazine rings is 1. The number of rotatable bonds is 12. The predicted octanol–water partition coefficient (Wildman–Crippen LogP) is 8.90. The molecule has 6 heterocycles. The number of aromatic carboxylic acids is 1. The van der Waals surface area contributed by atoms with Crippen LogP contribution in [0.25, 0.3) is 32.2 Å². The Kier molecular flexibility index (Phi) is 13.3. The maximum Gasteiger partial charge on any atom is 0.355 e. The summed E-state index contributed by atoms with van der Waals surface area (Å²) < 4.78 is 40.9. The molecule has 4 aromatic carbocycles. The molecule has 3 aliphatic heterocycles. The van der Waals surface area contributed by atoms with Gasteiger partial charge in [-0.05, 0) is 116 Å². The van der Waals surface area contributed by atoms with E-state index in [9.17, 15) is 29.1 Å². The molecule has 0 spiro atoms. The first-order valence-corrected chi connectivity index (χ1v) is 26.3. The summed E-state index contributed by atoms with van der Waals surface area (Å²) in [5.74, 6) is -6.73. The summed E-state index contributed by atoms with van der Waals surface area (Å²) in [5.41, 5.74) is 7.09. The lowest BCUT2D eigenvalue weighted by Crippen LogP contribution is -2.53. The number of halogens is 2. The first-order chi connectivity index (χ1) is 36.2. The molecule has 19 heteroatoms. The number of para-hydroxylation sites is 2. The Labute approximate surface area is 434 Å². The number of ether oxygens (including phenoxy) is 1. The van der Waals surface area contributed by atoms with Crippen LogP contribution in [-0.2, 0) is 34.4 Å². The number of aromatic nitrogens is 4. The Hall–Kier alpha value is -7.80. The van der Waals surface area contributed by atoms with Crippen LogP contribution in [0.1, 0.15) is 94.1 Å². The number of amides is 4. The number of carbonyl (C=O) groups is 5. The molecule has 2 saturated heterocycles. The van der Waals surface area contributed by atoms with E-state index in [1.165, 1.54) is 16.2 Å². The smallest absolute Gasteiger partial charge is 0.355 e. The normalized spacial score (nSPS) is 19.3. The molecule has 16 nitrogen and oxygen atoms in total. The molecule has 1 unspecified atom stereocenters. The van der Waals surface area contributed by atoms with Crippen LogP contribution in [0.4, 0.5) is 25.4 Å². The quantitative estimate of drug-likeness (QED) is 0.0987. The highest BCUT2D eigenvalue weighted by atomic mass is 32.1. The predicted molar refractivity (Wildman–Crippen MR) is 281 cm³/mol. The number of fused-ring (bicyclic) bond motifs is 3. The maximum absolute atomic E-state index is 15.9. The van der Waals surface area contributed by atoms with Gasteiger partial charge in [0.05, 0.1) is 39.1 Å². The molecular formula is C56H55F2N9O7S. The number of imide groups is 1. The van der Waals surface area contributed by atoms with Gasteiger partial charge < -0.3 is 24.5 Å². The van der Waals surface area contributed by atoms with Crippen molar-refractivity contribution in [2.45, 2.75) is 82.8 Å². The largest absolute Gasteiger partial charge is 0.490 e. The van der Waals surface area contributed by atoms with Crippen LogP contribution in [-0.4, -0.2) is 104 Å². The minimum absolute atomic E-state index is 0.123. The molecule has 1 aliphatic carbocycles. The van der Waals surface area contributed by atoms with Crippen molar-refractivity contribution in [3.05, 3.63) is 125 Å². The van der Waals surface area contributed by atoms with Crippen LogP contribution < -0.4 is 25.2 Å². The van der Waals surface area contributed by atoms with Crippen LogP contribution in [0.2, 0.25) is 0 Å². The van der Waals surface area contributed by atoms with E-state index >= 15 is 8.78 Å². The molecule has 3 fully saturated rings. The molecular weight excluding hydrogens is 981 g/mol. The number of carboxylic acids is 1. The summed E-state index contributed by atoms with van der Waals surface area (Å²) in [6, 6.07) is 28.1. The van der Waals surface area contributed by atoms with Gasteiger partial charge in [-0.3, -0.25) is 34.5 Å². The molecule has 4 aliphatic rings. The Bertz CT molecular complexity index is 3380. The van der Waals surface area contributed by atoms with Gasteiger partial charge in [-0.15, -0.1) is 0 Å². The van der Waals surface area contributed by atoms with Gasteiger partial charge >= 0.3 is 11.9 Å². The number of anilines is 3. The first kappa shape index (κ1) is 49.4. The van der Waals surface area contributed by atoms with E-state index in [1.807, 2.05) is 78.6 Å². The van der Waals surface area contributed by atoms with Crippen molar-refractivity contribution >= 4 is 78.7 Å². The molecule has 0 bridgehead atoms. The van der Waals surface area contributed by atoms with Gasteiger partial charge in [0.25, 0.3) is 11.8 Å². The number of piperidine rings is 1. The van der Waals surface area contributed by atoms with Gasteiger partial charge in [0.2, 0.25) is 11.8 Å². The van der Waals surface area contributed by atoms with E-state index in [0.29, 0.717) is 104 Å². The Morgan fingerprint density at radius 1 is 0.840 bits per heavy atom. The van der Waals surface area contributed by atoms with Crippen molar-refractivity contribution in [3.8, 4) is 16.9 Å². The molecule has 3 N–H and O–H groups in total. The van der Waals surface area contributed by atoms with Crippen molar-refractivity contribution < 1.29 is 42.6 Å². The fourth-order valence-electron chi connectivity index (χ4n) is 11.4. The highest BCUT2D eigenvalue weighted by Crippen LogP contribution is 2.40. The monoisotopic (exact) mass is 1040 g/mol. The second-order valence-corrected chi connectivity index (χ2v) is 21.0. The number of thiazole rings is 1. The molecule has 75 heavy (non-hydrogen) atoms. The van der Waals surface area contributed by atoms with Crippen LogP contribution in [0, 0.1) is 12.8 Å². The zero-order chi connectivity index (χ0) is 52.1. The number of alkyl halides is 2. The number of hydrogen-bond acceptors (Lipinski definition) is 12. The van der Waals surface area contributed by atoms with Crippen LogP contribution in [0.5, 0.6) is 5.75 Å². The van der Waals surface area contributed by atoms with Gasteiger partial charge in [0, 0.05) is 75.7 Å². The molecule has 4 amide bonds. The first-order valence-electron chi connectivity index (χ1n) is 25.4. The molecule has 3 aromatic heterocycles. The number of pyridine rings is 1. The van der Waals surface area contributed by atoms with Crippen molar-refractivity contribution in [3.63, 3.8) is 0 Å². The lowest BCUT2D eigenvalue weighted by molar-refractivity contribution is -0.160. The lowest BCUT2D eigenvalue weighted by atomic mass is 9.83. The van der Waals surface area contributed by atoms with Gasteiger partial charge in [0.1, 0.15) is 11.6 Å². The number of carboxylic acid groups (broad SMARTS) is 1. The molecule has 7 aromatic rings. The van der Waals surface area contributed by atoms with Crippen molar-refractivity contribution in [2.24, 2.45) is 13.0 Å². The van der Waals surface area contributed by atoms with Crippen LogP contribution in [0.15, 0.2) is 91.0 Å². The minimum atomic E-state index is -3.54. The highest BCUT2D eigenvalue weighted by molar-refractivity contribution is 7.22. The van der Waals surface area contributed by atoms with Gasteiger partial charge in [0.15, 0.2) is 10.8 Å². The van der Waals surface area contributed by atoms with Crippen molar-refractivity contribution in [2.75, 3.05) is 47.8 Å². The van der Waals surface area contributed by atoms with Gasteiger partial charge in [-0.25, -0.2) is 14.8 Å². The van der Waals surface area contributed by atoms with Crippen molar-refractivity contribution in [1.82, 2.24) is 30.0 Å². The molecule has 0 radical (unpaired) electrons. The fourth-order valence-corrected chi connectivity index (χ4v) is 12.3. The number of aryl methyl sites for hydroxylation is 1. The average Bonchev–Trinajstić information content (AvgIpc) is 4.00. The molecule has 1 saturated carbocycles. The number of benzene rings is 4. The van der Waals surface area contributed by atoms with E-state index in [0.717, 1.165) is 43.5 Å². The maximum atomic E-state index is 15.9.